The van der Waals surface area contributed by atoms with Gasteiger partial charge in [-0.2, -0.15) is 0 Å². The Morgan fingerprint density at radius 2 is 2.05 bits per heavy atom. The number of benzene rings is 2. The van der Waals surface area contributed by atoms with Gasteiger partial charge >= 0.3 is 0 Å². The van der Waals surface area contributed by atoms with E-state index in [0.29, 0.717) is 16.7 Å². The number of para-hydroxylation sites is 2. The van der Waals surface area contributed by atoms with Crippen molar-refractivity contribution < 1.29 is 9.90 Å². The zero-order chi connectivity index (χ0) is 14.1. The van der Waals surface area contributed by atoms with Gasteiger partial charge in [0.1, 0.15) is 0 Å². The lowest BCUT2D eigenvalue weighted by Gasteiger charge is -2.12. The van der Waals surface area contributed by atoms with Crippen molar-refractivity contribution in [3.8, 4) is 5.75 Å². The molecule has 0 fully saturated rings. The molecule has 1 atom stereocenters. The minimum atomic E-state index is -0.246. The quantitative estimate of drug-likeness (QED) is 0.739. The van der Waals surface area contributed by atoms with Gasteiger partial charge in [-0.15, -0.1) is 0 Å². The molecular formula is C15H13BrN2O2. The summed E-state index contributed by atoms with van der Waals surface area (Å²) in [5.41, 5.74) is 2.39. The highest BCUT2D eigenvalue weighted by Crippen LogP contribution is 2.35. The number of fused-ring (bicyclic) bond motifs is 1. The van der Waals surface area contributed by atoms with Crippen LogP contribution in [-0.4, -0.2) is 17.6 Å². The van der Waals surface area contributed by atoms with Gasteiger partial charge < -0.3 is 15.7 Å². The number of anilines is 2. The number of rotatable bonds is 2. The van der Waals surface area contributed by atoms with Crippen molar-refractivity contribution >= 4 is 33.2 Å². The fourth-order valence-electron chi connectivity index (χ4n) is 2.35. The summed E-state index contributed by atoms with van der Waals surface area (Å²) in [6.45, 7) is 0.569. The Bertz CT molecular complexity index is 673. The molecule has 0 saturated heterocycles. The number of carbonyl (C=O) groups excluding carboxylic acids is 1. The largest absolute Gasteiger partial charge is 0.505 e. The molecular weight excluding hydrogens is 320 g/mol. The molecule has 0 radical (unpaired) electrons. The summed E-state index contributed by atoms with van der Waals surface area (Å²) in [5.74, 6) is -0.333. The van der Waals surface area contributed by atoms with Gasteiger partial charge in [0.15, 0.2) is 5.75 Å². The fraction of sp³-hybridized carbons (Fsp3) is 0.133. The van der Waals surface area contributed by atoms with Crippen LogP contribution in [0.2, 0.25) is 0 Å². The average Bonchev–Trinajstić information content (AvgIpc) is 2.88. The molecule has 102 valence electrons. The molecule has 20 heavy (non-hydrogen) atoms. The van der Waals surface area contributed by atoms with Crippen molar-refractivity contribution in [3.05, 3.63) is 52.5 Å². The van der Waals surface area contributed by atoms with Crippen molar-refractivity contribution in [2.75, 3.05) is 17.2 Å². The van der Waals surface area contributed by atoms with Crippen molar-refractivity contribution in [3.63, 3.8) is 0 Å². The van der Waals surface area contributed by atoms with E-state index in [9.17, 15) is 9.90 Å². The predicted octanol–water partition coefficient (Wildman–Crippen LogP) is 3.30. The summed E-state index contributed by atoms with van der Waals surface area (Å²) in [6.07, 6.45) is 0. The van der Waals surface area contributed by atoms with Gasteiger partial charge in [0.05, 0.1) is 16.1 Å². The van der Waals surface area contributed by atoms with Crippen LogP contribution in [0.5, 0.6) is 5.75 Å². The number of hydrogen-bond acceptors (Lipinski definition) is 3. The first kappa shape index (κ1) is 13.0. The topological polar surface area (TPSA) is 61.4 Å². The summed E-state index contributed by atoms with van der Waals surface area (Å²) < 4.78 is 0.556. The first-order valence-electron chi connectivity index (χ1n) is 6.28. The minimum Gasteiger partial charge on any atom is -0.505 e. The fourth-order valence-corrected chi connectivity index (χ4v) is 2.72. The van der Waals surface area contributed by atoms with E-state index in [4.69, 9.17) is 0 Å². The van der Waals surface area contributed by atoms with E-state index in [1.165, 1.54) is 0 Å². The maximum absolute atomic E-state index is 12.4. The van der Waals surface area contributed by atoms with Crippen molar-refractivity contribution in [2.45, 2.75) is 5.92 Å². The molecule has 0 saturated carbocycles. The van der Waals surface area contributed by atoms with Crippen molar-refractivity contribution in [1.82, 2.24) is 0 Å². The third-order valence-electron chi connectivity index (χ3n) is 3.39. The first-order chi connectivity index (χ1) is 9.66. The standard InChI is InChI=1S/C15H13BrN2O2/c16-11-5-3-7-13(14(11)19)18-15(20)10-8-17-12-6-2-1-4-9(10)12/h1-7,10,17,19H,8H2,(H,18,20). The van der Waals surface area contributed by atoms with E-state index >= 15 is 0 Å². The zero-order valence-corrected chi connectivity index (χ0v) is 12.1. The second kappa shape index (κ2) is 5.17. The zero-order valence-electron chi connectivity index (χ0n) is 10.6. The maximum Gasteiger partial charge on any atom is 0.233 e. The molecule has 1 aliphatic rings. The van der Waals surface area contributed by atoms with E-state index in [0.717, 1.165) is 11.3 Å². The first-order valence-corrected chi connectivity index (χ1v) is 7.07. The van der Waals surface area contributed by atoms with Gasteiger partial charge in [0.2, 0.25) is 5.91 Å². The highest BCUT2D eigenvalue weighted by molar-refractivity contribution is 9.10. The lowest BCUT2D eigenvalue weighted by atomic mass is 10.0. The molecule has 4 nitrogen and oxygen atoms in total. The molecule has 3 N–H and O–H groups in total. The van der Waals surface area contributed by atoms with Gasteiger partial charge in [0, 0.05) is 12.2 Å². The molecule has 1 amide bonds. The molecule has 1 unspecified atom stereocenters. The predicted molar refractivity (Wildman–Crippen MR) is 82.1 cm³/mol. The lowest BCUT2D eigenvalue weighted by molar-refractivity contribution is -0.117. The Kier molecular flexibility index (Phi) is 3.36. The van der Waals surface area contributed by atoms with E-state index in [-0.39, 0.29) is 17.6 Å². The average molecular weight is 333 g/mol. The van der Waals surface area contributed by atoms with Gasteiger partial charge in [-0.3, -0.25) is 4.79 Å². The van der Waals surface area contributed by atoms with Crippen LogP contribution >= 0.6 is 15.9 Å². The van der Waals surface area contributed by atoms with Crippen LogP contribution in [0.3, 0.4) is 0 Å². The summed E-state index contributed by atoms with van der Waals surface area (Å²) in [6, 6.07) is 12.9. The number of carbonyl (C=O) groups is 1. The second-order valence-corrected chi connectivity index (χ2v) is 5.50. The highest BCUT2D eigenvalue weighted by Gasteiger charge is 2.28. The van der Waals surface area contributed by atoms with E-state index in [1.807, 2.05) is 24.3 Å². The second-order valence-electron chi connectivity index (χ2n) is 4.65. The Hall–Kier alpha value is -2.01. The minimum absolute atomic E-state index is 0.0418. The molecule has 0 aromatic heterocycles. The normalized spacial score (nSPS) is 16.4. The van der Waals surface area contributed by atoms with Gasteiger partial charge in [-0.05, 0) is 39.7 Å². The summed E-state index contributed by atoms with van der Waals surface area (Å²) in [4.78, 5) is 12.4. The Morgan fingerprint density at radius 3 is 2.90 bits per heavy atom. The number of aromatic hydroxyl groups is 1. The van der Waals surface area contributed by atoms with Crippen LogP contribution in [0, 0.1) is 0 Å². The molecule has 1 aliphatic heterocycles. The van der Waals surface area contributed by atoms with Crippen LogP contribution in [0.15, 0.2) is 46.9 Å². The van der Waals surface area contributed by atoms with Crippen LogP contribution in [-0.2, 0) is 4.79 Å². The molecule has 0 bridgehead atoms. The monoisotopic (exact) mass is 332 g/mol. The number of nitrogens with one attached hydrogen (secondary N) is 2. The highest BCUT2D eigenvalue weighted by atomic mass is 79.9. The van der Waals surface area contributed by atoms with Crippen LogP contribution in [0.4, 0.5) is 11.4 Å². The van der Waals surface area contributed by atoms with Crippen LogP contribution in [0.25, 0.3) is 0 Å². The van der Waals surface area contributed by atoms with Crippen molar-refractivity contribution in [2.24, 2.45) is 0 Å². The molecule has 2 aromatic carbocycles. The number of phenolic OH excluding ortho intramolecular Hbond substituents is 1. The van der Waals surface area contributed by atoms with E-state index < -0.39 is 0 Å². The number of phenols is 1. The molecule has 3 rings (SSSR count). The van der Waals surface area contributed by atoms with E-state index in [2.05, 4.69) is 26.6 Å². The van der Waals surface area contributed by atoms with E-state index in [1.54, 1.807) is 18.2 Å². The van der Waals surface area contributed by atoms with Gasteiger partial charge in [-0.25, -0.2) is 0 Å². The van der Waals surface area contributed by atoms with Crippen LogP contribution < -0.4 is 10.6 Å². The Morgan fingerprint density at radius 1 is 1.25 bits per heavy atom. The Labute approximate surface area is 125 Å². The van der Waals surface area contributed by atoms with Crippen molar-refractivity contribution in [1.29, 1.82) is 0 Å². The third kappa shape index (κ3) is 2.25. The summed E-state index contributed by atoms with van der Waals surface area (Å²) >= 11 is 3.23. The Balaban J connectivity index is 1.83. The molecule has 0 aliphatic carbocycles. The summed E-state index contributed by atoms with van der Waals surface area (Å²) in [7, 11) is 0. The molecule has 0 spiro atoms. The maximum atomic E-state index is 12.4. The number of hydrogen-bond donors (Lipinski definition) is 3. The smallest absolute Gasteiger partial charge is 0.233 e. The van der Waals surface area contributed by atoms with Crippen LogP contribution in [0.1, 0.15) is 11.5 Å². The SMILES string of the molecule is O=C(Nc1cccc(Br)c1O)C1CNc2ccccc21. The van der Waals surface area contributed by atoms with Gasteiger partial charge in [0.25, 0.3) is 0 Å². The molecule has 1 heterocycles. The number of amides is 1. The molecule has 2 aromatic rings. The lowest BCUT2D eigenvalue weighted by Crippen LogP contribution is -2.22. The third-order valence-corrected chi connectivity index (χ3v) is 4.03. The summed E-state index contributed by atoms with van der Waals surface area (Å²) in [5, 5.41) is 15.9. The number of halogens is 1. The molecule has 5 heteroatoms. The van der Waals surface area contributed by atoms with Gasteiger partial charge in [-0.1, -0.05) is 24.3 Å².